The van der Waals surface area contributed by atoms with Crippen LogP contribution in [-0.4, -0.2) is 52.5 Å². The summed E-state index contributed by atoms with van der Waals surface area (Å²) in [5.41, 5.74) is -13.3. The van der Waals surface area contributed by atoms with E-state index in [-0.39, 0.29) is 6.42 Å². The van der Waals surface area contributed by atoms with Gasteiger partial charge in [0.2, 0.25) is 5.60 Å². The highest BCUT2D eigenvalue weighted by atomic mass is 19.4. The summed E-state index contributed by atoms with van der Waals surface area (Å²) in [6.07, 6.45) is -23.3. The highest BCUT2D eigenvalue weighted by Crippen LogP contribution is 2.64. The minimum Gasteiger partial charge on any atom is -0.442 e. The van der Waals surface area contributed by atoms with E-state index in [1.165, 1.54) is 6.92 Å². The number of carbonyl (C=O) groups excluding carboxylic acids is 1. The molecular formula is C15H17F11O4. The van der Waals surface area contributed by atoms with Gasteiger partial charge in [-0.15, -0.1) is 0 Å². The maximum absolute atomic E-state index is 14.8. The molecule has 0 aliphatic carbocycles. The minimum absolute atomic E-state index is 0.373. The molecule has 3 atom stereocenters. The zero-order chi connectivity index (χ0) is 24.4. The summed E-state index contributed by atoms with van der Waals surface area (Å²) < 4.78 is 157. The molecule has 30 heavy (non-hydrogen) atoms. The standard InChI is InChI=1S/C15H17F11O4/c1-5-8(2,3)7(27)29-10(14(21,22)23)6-11(28,15(24,25)26)30-9(4,12(10,16)17)13(18,19)20/h28H,5-6H2,1-4H3. The highest BCUT2D eigenvalue weighted by molar-refractivity contribution is 5.76. The van der Waals surface area contributed by atoms with Crippen LogP contribution in [0.15, 0.2) is 0 Å². The zero-order valence-electron chi connectivity index (χ0n) is 15.7. The lowest BCUT2D eigenvalue weighted by atomic mass is 9.73. The Kier molecular flexibility index (Phi) is 6.05. The van der Waals surface area contributed by atoms with Crippen molar-refractivity contribution < 1.29 is 67.7 Å². The largest absolute Gasteiger partial charge is 0.443 e. The maximum Gasteiger partial charge on any atom is 0.443 e. The number of esters is 1. The molecule has 0 spiro atoms. The minimum atomic E-state index is -6.69. The van der Waals surface area contributed by atoms with Gasteiger partial charge in [-0.2, -0.15) is 48.3 Å². The monoisotopic (exact) mass is 470 g/mol. The first-order valence-electron chi connectivity index (χ1n) is 8.09. The van der Waals surface area contributed by atoms with Crippen molar-refractivity contribution >= 4 is 5.97 Å². The van der Waals surface area contributed by atoms with E-state index in [0.717, 1.165) is 13.8 Å². The van der Waals surface area contributed by atoms with Gasteiger partial charge in [-0.1, -0.05) is 6.92 Å². The van der Waals surface area contributed by atoms with Gasteiger partial charge in [0.05, 0.1) is 11.8 Å². The Balaban J connectivity index is 3.98. The molecule has 1 N–H and O–H groups in total. The fourth-order valence-electron chi connectivity index (χ4n) is 2.54. The molecule has 0 aromatic heterocycles. The Morgan fingerprint density at radius 3 is 1.70 bits per heavy atom. The molecule has 4 nitrogen and oxygen atoms in total. The van der Waals surface area contributed by atoms with E-state index in [4.69, 9.17) is 0 Å². The Hall–Kier alpha value is -1.38. The van der Waals surface area contributed by atoms with Gasteiger partial charge < -0.3 is 14.6 Å². The molecule has 0 saturated carbocycles. The molecule has 0 radical (unpaired) electrons. The van der Waals surface area contributed by atoms with E-state index in [2.05, 4.69) is 9.47 Å². The second kappa shape index (κ2) is 6.81. The lowest BCUT2D eigenvalue weighted by molar-refractivity contribution is -0.519. The first-order chi connectivity index (χ1) is 12.9. The van der Waals surface area contributed by atoms with Crippen LogP contribution < -0.4 is 0 Å². The summed E-state index contributed by atoms with van der Waals surface area (Å²) in [5, 5.41) is 9.54. The number of carbonyl (C=O) groups is 1. The van der Waals surface area contributed by atoms with Gasteiger partial charge in [0.15, 0.2) is 0 Å². The summed E-state index contributed by atoms with van der Waals surface area (Å²) in [7, 11) is 0. The van der Waals surface area contributed by atoms with Crippen LogP contribution in [0.2, 0.25) is 0 Å². The first kappa shape index (κ1) is 26.7. The number of hydrogen-bond donors (Lipinski definition) is 1. The van der Waals surface area contributed by atoms with Crippen LogP contribution >= 0.6 is 0 Å². The molecule has 1 heterocycles. The van der Waals surface area contributed by atoms with Crippen LogP contribution in [0.25, 0.3) is 0 Å². The predicted octanol–water partition coefficient (Wildman–Crippen LogP) is 4.89. The lowest BCUT2D eigenvalue weighted by Gasteiger charge is -2.56. The van der Waals surface area contributed by atoms with E-state index in [1.54, 1.807) is 0 Å². The van der Waals surface area contributed by atoms with Crippen LogP contribution in [0, 0.1) is 5.41 Å². The van der Waals surface area contributed by atoms with E-state index in [9.17, 15) is 58.2 Å². The van der Waals surface area contributed by atoms with Gasteiger partial charge in [0.25, 0.3) is 11.4 Å². The van der Waals surface area contributed by atoms with E-state index in [0.29, 0.717) is 0 Å². The number of alkyl halides is 11. The molecule has 15 heteroatoms. The summed E-state index contributed by atoms with van der Waals surface area (Å²) in [4.78, 5) is 12.1. The molecule has 0 aromatic rings. The second-order valence-corrected chi connectivity index (χ2v) is 7.62. The Morgan fingerprint density at radius 2 is 1.40 bits per heavy atom. The molecule has 1 aliphatic rings. The molecular weight excluding hydrogens is 453 g/mol. The summed E-state index contributed by atoms with van der Waals surface area (Å²) >= 11 is 0. The average Bonchev–Trinajstić information content (AvgIpc) is 2.49. The number of aliphatic hydroxyl groups is 1. The van der Waals surface area contributed by atoms with Gasteiger partial charge in [-0.3, -0.25) is 4.79 Å². The van der Waals surface area contributed by atoms with E-state index >= 15 is 0 Å². The fourth-order valence-corrected chi connectivity index (χ4v) is 2.54. The topological polar surface area (TPSA) is 55.8 Å². The van der Waals surface area contributed by atoms with Crippen LogP contribution in [0.5, 0.6) is 0 Å². The SMILES string of the molecule is CCC(C)(C)C(=O)OC1(C(F)(F)F)CC(O)(C(F)(F)F)OC(C)(C(F)(F)F)C1(F)F. The van der Waals surface area contributed by atoms with Gasteiger partial charge >= 0.3 is 30.4 Å². The Morgan fingerprint density at radius 1 is 0.967 bits per heavy atom. The molecule has 0 amide bonds. The van der Waals surface area contributed by atoms with E-state index in [1.807, 2.05) is 0 Å². The normalized spacial score (nSPS) is 33.3. The van der Waals surface area contributed by atoms with Crippen molar-refractivity contribution in [1.82, 2.24) is 0 Å². The summed E-state index contributed by atoms with van der Waals surface area (Å²) in [6.45, 7) is 2.11. The molecule has 3 unspecified atom stereocenters. The van der Waals surface area contributed by atoms with Gasteiger partial charge in [0.1, 0.15) is 0 Å². The smallest absolute Gasteiger partial charge is 0.442 e. The van der Waals surface area contributed by atoms with Crippen LogP contribution in [0.3, 0.4) is 0 Å². The molecule has 1 fully saturated rings. The quantitative estimate of drug-likeness (QED) is 0.472. The molecule has 1 rings (SSSR count). The number of halogens is 11. The van der Waals surface area contributed by atoms with Crippen LogP contribution in [-0.2, 0) is 14.3 Å². The summed E-state index contributed by atoms with van der Waals surface area (Å²) in [6, 6.07) is 0. The molecule has 1 saturated heterocycles. The van der Waals surface area contributed by atoms with Crippen molar-refractivity contribution in [3.63, 3.8) is 0 Å². The Bertz CT molecular complexity index is 682. The average molecular weight is 470 g/mol. The first-order valence-corrected chi connectivity index (χ1v) is 8.09. The van der Waals surface area contributed by atoms with Crippen molar-refractivity contribution in [3.8, 4) is 0 Å². The second-order valence-electron chi connectivity index (χ2n) is 7.62. The van der Waals surface area contributed by atoms with Crippen molar-refractivity contribution in [3.05, 3.63) is 0 Å². The number of hydrogen-bond acceptors (Lipinski definition) is 4. The van der Waals surface area contributed by atoms with Gasteiger partial charge in [0, 0.05) is 0 Å². The highest BCUT2D eigenvalue weighted by Gasteiger charge is 2.91. The fraction of sp³-hybridized carbons (Fsp3) is 0.933. The molecule has 1 aliphatic heterocycles. The molecule has 0 aromatic carbocycles. The number of rotatable bonds is 3. The summed E-state index contributed by atoms with van der Waals surface area (Å²) in [5.74, 6) is -13.9. The van der Waals surface area contributed by atoms with E-state index < -0.39 is 66.2 Å². The predicted molar refractivity (Wildman–Crippen MR) is 75.1 cm³/mol. The van der Waals surface area contributed by atoms with Gasteiger partial charge in [-0.05, 0) is 27.2 Å². The van der Waals surface area contributed by atoms with Crippen LogP contribution in [0.4, 0.5) is 48.3 Å². The lowest BCUT2D eigenvalue weighted by Crippen LogP contribution is -2.82. The van der Waals surface area contributed by atoms with Crippen LogP contribution in [0.1, 0.15) is 40.5 Å². The molecule has 0 bridgehead atoms. The third-order valence-electron chi connectivity index (χ3n) is 5.11. The van der Waals surface area contributed by atoms with Crippen molar-refractivity contribution in [2.75, 3.05) is 0 Å². The maximum atomic E-state index is 14.8. The third kappa shape index (κ3) is 3.60. The third-order valence-corrected chi connectivity index (χ3v) is 5.11. The van der Waals surface area contributed by atoms with Gasteiger partial charge in [-0.25, -0.2) is 0 Å². The zero-order valence-corrected chi connectivity index (χ0v) is 15.7. The molecule has 178 valence electrons. The van der Waals surface area contributed by atoms with Crippen molar-refractivity contribution in [1.29, 1.82) is 0 Å². The van der Waals surface area contributed by atoms with Crippen molar-refractivity contribution in [2.24, 2.45) is 5.41 Å². The van der Waals surface area contributed by atoms with Crippen molar-refractivity contribution in [2.45, 2.75) is 82.0 Å². The Labute approximate surface area is 162 Å². The number of ether oxygens (including phenoxy) is 2.